The van der Waals surface area contributed by atoms with Gasteiger partial charge in [-0.1, -0.05) is 18.2 Å². The van der Waals surface area contributed by atoms with E-state index in [0.717, 1.165) is 28.7 Å². The molecule has 0 radical (unpaired) electrons. The third kappa shape index (κ3) is 3.53. The largest absolute Gasteiger partial charge is 0.357 e. The number of nitrogens with zero attached hydrogens (tertiary/aromatic N) is 1. The number of amides is 1. The lowest BCUT2D eigenvalue weighted by Gasteiger charge is -2.23. The van der Waals surface area contributed by atoms with Crippen LogP contribution in [0.2, 0.25) is 0 Å². The summed E-state index contributed by atoms with van der Waals surface area (Å²) in [4.78, 5) is 15.9. The van der Waals surface area contributed by atoms with Crippen molar-refractivity contribution in [2.24, 2.45) is 0 Å². The van der Waals surface area contributed by atoms with E-state index in [9.17, 15) is 17.6 Å². The van der Waals surface area contributed by atoms with Crippen molar-refractivity contribution >= 4 is 26.8 Å². The number of fused-ring (bicyclic) bond motifs is 1. The van der Waals surface area contributed by atoms with E-state index in [-0.39, 0.29) is 23.9 Å². The first kappa shape index (κ1) is 18.6. The Balaban J connectivity index is 1.47. The van der Waals surface area contributed by atoms with Gasteiger partial charge >= 0.3 is 0 Å². The van der Waals surface area contributed by atoms with Crippen molar-refractivity contribution in [1.82, 2.24) is 14.6 Å². The quantitative estimate of drug-likeness (QED) is 0.690. The molecule has 8 heteroatoms. The number of nitrogens with one attached hydrogen (secondary N) is 2. The number of halogens is 1. The van der Waals surface area contributed by atoms with Crippen molar-refractivity contribution in [3.8, 4) is 0 Å². The Labute approximate surface area is 162 Å². The van der Waals surface area contributed by atoms with Crippen LogP contribution in [-0.2, 0) is 21.4 Å². The number of aromatic amines is 1. The summed E-state index contributed by atoms with van der Waals surface area (Å²) in [6.45, 7) is 0.554. The maximum atomic E-state index is 13.1. The Morgan fingerprint density at radius 2 is 1.93 bits per heavy atom. The molecule has 2 heterocycles. The van der Waals surface area contributed by atoms with Crippen molar-refractivity contribution in [2.45, 2.75) is 30.3 Å². The number of rotatable bonds is 5. The molecule has 1 fully saturated rings. The van der Waals surface area contributed by atoms with Gasteiger partial charge in [0.1, 0.15) is 11.9 Å². The molecular weight excluding hydrogens is 381 g/mol. The van der Waals surface area contributed by atoms with Crippen LogP contribution in [0.3, 0.4) is 0 Å². The molecular formula is C20H20FN3O3S. The Bertz CT molecular complexity index is 1080. The molecule has 0 aliphatic carbocycles. The van der Waals surface area contributed by atoms with E-state index in [1.807, 2.05) is 30.3 Å². The third-order valence-corrected chi connectivity index (χ3v) is 6.89. The number of benzene rings is 2. The Kier molecular flexibility index (Phi) is 4.91. The van der Waals surface area contributed by atoms with E-state index in [1.165, 1.54) is 16.4 Å². The number of carbonyl (C=O) groups is 1. The second-order valence-electron chi connectivity index (χ2n) is 6.83. The van der Waals surface area contributed by atoms with Crippen molar-refractivity contribution in [3.05, 3.63) is 66.1 Å². The van der Waals surface area contributed by atoms with Gasteiger partial charge < -0.3 is 10.3 Å². The summed E-state index contributed by atoms with van der Waals surface area (Å²) in [5.74, 6) is -0.838. The maximum absolute atomic E-state index is 13.1. The van der Waals surface area contributed by atoms with Gasteiger partial charge in [0.2, 0.25) is 15.9 Å². The average molecular weight is 401 g/mol. The van der Waals surface area contributed by atoms with Crippen molar-refractivity contribution in [2.75, 3.05) is 6.54 Å². The molecule has 4 rings (SSSR count). The Morgan fingerprint density at radius 3 is 2.68 bits per heavy atom. The molecule has 1 saturated heterocycles. The lowest BCUT2D eigenvalue weighted by atomic mass is 10.2. The molecule has 2 aromatic carbocycles. The fourth-order valence-corrected chi connectivity index (χ4v) is 5.22. The minimum Gasteiger partial charge on any atom is -0.357 e. The highest BCUT2D eigenvalue weighted by molar-refractivity contribution is 7.89. The summed E-state index contributed by atoms with van der Waals surface area (Å²) in [5, 5.41) is 3.88. The second kappa shape index (κ2) is 7.37. The maximum Gasteiger partial charge on any atom is 0.243 e. The number of H-pyrrole nitrogens is 1. The van der Waals surface area contributed by atoms with Gasteiger partial charge in [-0.15, -0.1) is 0 Å². The van der Waals surface area contributed by atoms with E-state index >= 15 is 0 Å². The highest BCUT2D eigenvalue weighted by Crippen LogP contribution is 2.26. The molecule has 146 valence electrons. The van der Waals surface area contributed by atoms with Crippen LogP contribution < -0.4 is 5.32 Å². The molecule has 1 aliphatic heterocycles. The lowest BCUT2D eigenvalue weighted by molar-refractivity contribution is -0.124. The Hall–Kier alpha value is -2.71. The van der Waals surface area contributed by atoms with Gasteiger partial charge in [-0.3, -0.25) is 4.79 Å². The molecule has 1 aromatic heterocycles. The van der Waals surface area contributed by atoms with Crippen LogP contribution in [0.25, 0.3) is 10.9 Å². The highest BCUT2D eigenvalue weighted by atomic mass is 32.2. The van der Waals surface area contributed by atoms with Crippen LogP contribution in [0.1, 0.15) is 18.5 Å². The monoisotopic (exact) mass is 401 g/mol. The number of sulfonamides is 1. The van der Waals surface area contributed by atoms with Gasteiger partial charge in [0.05, 0.1) is 11.4 Å². The van der Waals surface area contributed by atoms with Crippen LogP contribution in [-0.4, -0.2) is 36.2 Å². The van der Waals surface area contributed by atoms with Crippen LogP contribution in [0, 0.1) is 5.82 Å². The SMILES string of the molecule is O=C(NCc1cc2ccccc2[nH]1)[C@@H]1CCCN1S(=O)(=O)c1ccc(F)cc1. The number of aromatic nitrogens is 1. The molecule has 0 bridgehead atoms. The summed E-state index contributed by atoms with van der Waals surface area (Å²) in [6, 6.07) is 13.6. The summed E-state index contributed by atoms with van der Waals surface area (Å²) in [7, 11) is -3.86. The molecule has 1 aliphatic rings. The molecule has 1 atom stereocenters. The zero-order valence-corrected chi connectivity index (χ0v) is 15.9. The summed E-state index contributed by atoms with van der Waals surface area (Å²) in [5.41, 5.74) is 1.83. The van der Waals surface area contributed by atoms with Crippen LogP contribution in [0.4, 0.5) is 4.39 Å². The predicted molar refractivity (Wildman–Crippen MR) is 103 cm³/mol. The van der Waals surface area contributed by atoms with Crippen molar-refractivity contribution < 1.29 is 17.6 Å². The topological polar surface area (TPSA) is 82.3 Å². The van der Waals surface area contributed by atoms with Gasteiger partial charge in [0.25, 0.3) is 0 Å². The number of para-hydroxylation sites is 1. The van der Waals surface area contributed by atoms with Gasteiger partial charge in [-0.2, -0.15) is 4.31 Å². The Morgan fingerprint density at radius 1 is 1.18 bits per heavy atom. The van der Waals surface area contributed by atoms with Crippen molar-refractivity contribution in [3.63, 3.8) is 0 Å². The first-order valence-electron chi connectivity index (χ1n) is 9.07. The fourth-order valence-electron chi connectivity index (χ4n) is 3.56. The van der Waals surface area contributed by atoms with Gasteiger partial charge in [-0.05, 0) is 54.6 Å². The summed E-state index contributed by atoms with van der Waals surface area (Å²) in [6.07, 6.45) is 1.06. The first-order valence-corrected chi connectivity index (χ1v) is 10.5. The molecule has 0 saturated carbocycles. The lowest BCUT2D eigenvalue weighted by Crippen LogP contribution is -2.45. The van der Waals surface area contributed by atoms with Crippen LogP contribution in [0.5, 0.6) is 0 Å². The van der Waals surface area contributed by atoms with Gasteiger partial charge in [0.15, 0.2) is 0 Å². The number of hydrogen-bond acceptors (Lipinski definition) is 3. The normalized spacial score (nSPS) is 17.8. The molecule has 3 aromatic rings. The molecule has 0 spiro atoms. The predicted octanol–water partition coefficient (Wildman–Crippen LogP) is 2.78. The minimum atomic E-state index is -3.86. The second-order valence-corrected chi connectivity index (χ2v) is 8.72. The van der Waals surface area contributed by atoms with Gasteiger partial charge in [0, 0.05) is 17.8 Å². The standard InChI is InChI=1S/C20H20FN3O3S/c21-15-7-9-17(10-8-15)28(26,27)24-11-3-6-19(24)20(25)22-13-16-12-14-4-1-2-5-18(14)23-16/h1-2,4-5,7-10,12,19,23H,3,6,11,13H2,(H,22,25)/t19-/m0/s1. The van der Waals surface area contributed by atoms with E-state index in [0.29, 0.717) is 12.8 Å². The minimum absolute atomic E-state index is 0.00998. The third-order valence-electron chi connectivity index (χ3n) is 4.97. The molecule has 1 amide bonds. The smallest absolute Gasteiger partial charge is 0.243 e. The molecule has 28 heavy (non-hydrogen) atoms. The van der Waals surface area contributed by atoms with Crippen LogP contribution in [0.15, 0.2) is 59.5 Å². The van der Waals surface area contributed by atoms with E-state index < -0.39 is 21.9 Å². The van der Waals surface area contributed by atoms with E-state index in [4.69, 9.17) is 0 Å². The van der Waals surface area contributed by atoms with Gasteiger partial charge in [-0.25, -0.2) is 12.8 Å². The van der Waals surface area contributed by atoms with E-state index in [1.54, 1.807) is 0 Å². The highest BCUT2D eigenvalue weighted by Gasteiger charge is 2.39. The molecule has 6 nitrogen and oxygen atoms in total. The summed E-state index contributed by atoms with van der Waals surface area (Å²) < 4.78 is 40.1. The first-order chi connectivity index (χ1) is 13.4. The number of carbonyl (C=O) groups excluding carboxylic acids is 1. The zero-order chi connectivity index (χ0) is 19.7. The fraction of sp³-hybridized carbons (Fsp3) is 0.250. The molecule has 0 unspecified atom stereocenters. The molecule has 2 N–H and O–H groups in total. The van der Waals surface area contributed by atoms with Crippen molar-refractivity contribution in [1.29, 1.82) is 0 Å². The average Bonchev–Trinajstić information content (AvgIpc) is 3.33. The van der Waals surface area contributed by atoms with Crippen LogP contribution >= 0.6 is 0 Å². The van der Waals surface area contributed by atoms with E-state index in [2.05, 4.69) is 10.3 Å². The number of hydrogen-bond donors (Lipinski definition) is 2. The summed E-state index contributed by atoms with van der Waals surface area (Å²) >= 11 is 0. The zero-order valence-electron chi connectivity index (χ0n) is 15.1.